The van der Waals surface area contributed by atoms with Gasteiger partial charge in [0.2, 0.25) is 5.91 Å². The molecule has 1 N–H and O–H groups in total. The van der Waals surface area contributed by atoms with E-state index in [2.05, 4.69) is 5.32 Å². The normalized spacial score (nSPS) is 17.0. The molecule has 1 saturated heterocycles. The molecule has 0 radical (unpaired) electrons. The minimum Gasteiger partial charge on any atom is -0.484 e. The van der Waals surface area contributed by atoms with Crippen molar-refractivity contribution in [1.82, 2.24) is 5.32 Å². The van der Waals surface area contributed by atoms with Gasteiger partial charge in [0.25, 0.3) is 5.91 Å². The zero-order chi connectivity index (χ0) is 16.9. The Kier molecular flexibility index (Phi) is 4.74. The maximum atomic E-state index is 13.0. The first-order valence-electron chi connectivity index (χ1n) is 7.67. The minimum absolute atomic E-state index is 0.148. The Bertz CT molecular complexity index is 719. The van der Waals surface area contributed by atoms with Crippen molar-refractivity contribution in [2.75, 3.05) is 18.1 Å². The first-order valence-corrected chi connectivity index (χ1v) is 7.67. The maximum Gasteiger partial charge on any atom is 0.258 e. The number of benzene rings is 2. The highest BCUT2D eigenvalue weighted by Crippen LogP contribution is 2.21. The molecule has 124 valence electrons. The van der Waals surface area contributed by atoms with Crippen LogP contribution < -0.4 is 15.0 Å². The number of hydrogen-bond acceptors (Lipinski definition) is 3. The lowest BCUT2D eigenvalue weighted by Gasteiger charge is -2.17. The smallest absolute Gasteiger partial charge is 0.258 e. The molecular formula is C18H17FN2O3. The molecule has 1 heterocycles. The van der Waals surface area contributed by atoms with Crippen molar-refractivity contribution < 1.29 is 18.7 Å². The summed E-state index contributed by atoms with van der Waals surface area (Å²) in [4.78, 5) is 25.9. The number of carbonyl (C=O) groups excluding carboxylic acids is 2. The van der Waals surface area contributed by atoms with Gasteiger partial charge in [-0.3, -0.25) is 9.59 Å². The van der Waals surface area contributed by atoms with Gasteiger partial charge in [0.15, 0.2) is 6.61 Å². The molecule has 3 rings (SSSR count). The van der Waals surface area contributed by atoms with Crippen molar-refractivity contribution >= 4 is 17.5 Å². The molecule has 0 bridgehead atoms. The molecule has 6 heteroatoms. The van der Waals surface area contributed by atoms with Gasteiger partial charge in [-0.2, -0.15) is 0 Å². The fourth-order valence-corrected chi connectivity index (χ4v) is 2.59. The van der Waals surface area contributed by atoms with Crippen LogP contribution in [0.3, 0.4) is 0 Å². The second-order valence-corrected chi connectivity index (χ2v) is 5.48. The number of nitrogens with zero attached hydrogens (tertiary/aromatic N) is 1. The Hall–Kier alpha value is -2.89. The number of carbonyl (C=O) groups is 2. The van der Waals surface area contributed by atoms with Crippen LogP contribution in [0.15, 0.2) is 54.6 Å². The molecule has 24 heavy (non-hydrogen) atoms. The Morgan fingerprint density at radius 1 is 1.17 bits per heavy atom. The van der Waals surface area contributed by atoms with Crippen LogP contribution >= 0.6 is 0 Å². The molecule has 0 spiro atoms. The van der Waals surface area contributed by atoms with Gasteiger partial charge in [0.05, 0.1) is 0 Å². The average Bonchev–Trinajstić information content (AvgIpc) is 2.95. The first kappa shape index (κ1) is 16.0. The number of amides is 2. The van der Waals surface area contributed by atoms with E-state index in [0.29, 0.717) is 24.4 Å². The Morgan fingerprint density at radius 3 is 2.58 bits per heavy atom. The quantitative estimate of drug-likeness (QED) is 0.915. The van der Waals surface area contributed by atoms with Crippen LogP contribution in [-0.4, -0.2) is 31.0 Å². The van der Waals surface area contributed by atoms with Gasteiger partial charge in [-0.05, 0) is 42.8 Å². The van der Waals surface area contributed by atoms with Gasteiger partial charge >= 0.3 is 0 Å². The monoisotopic (exact) mass is 328 g/mol. The van der Waals surface area contributed by atoms with Crippen LogP contribution in [0.5, 0.6) is 5.75 Å². The maximum absolute atomic E-state index is 13.0. The lowest BCUT2D eigenvalue weighted by Crippen LogP contribution is -2.43. The van der Waals surface area contributed by atoms with E-state index in [-0.39, 0.29) is 24.2 Å². The van der Waals surface area contributed by atoms with Crippen molar-refractivity contribution in [3.63, 3.8) is 0 Å². The highest BCUT2D eigenvalue weighted by Gasteiger charge is 2.33. The molecule has 1 aliphatic heterocycles. The largest absolute Gasteiger partial charge is 0.484 e. The molecule has 2 amide bonds. The molecule has 0 aromatic heterocycles. The molecule has 0 saturated carbocycles. The van der Waals surface area contributed by atoms with Crippen LogP contribution in [0.25, 0.3) is 0 Å². The van der Waals surface area contributed by atoms with Crippen molar-refractivity contribution in [2.45, 2.75) is 12.5 Å². The standard InChI is InChI=1S/C18H17FN2O3/c19-13-6-8-14(9-7-13)21-11-10-16(18(21)23)20-17(22)12-24-15-4-2-1-3-5-15/h1-9,16H,10-12H2,(H,20,22)/t16-/m0/s1. The molecule has 1 atom stereocenters. The van der Waals surface area contributed by atoms with Gasteiger partial charge in [-0.25, -0.2) is 4.39 Å². The van der Waals surface area contributed by atoms with Crippen LogP contribution in [-0.2, 0) is 9.59 Å². The molecule has 2 aromatic carbocycles. The van der Waals surface area contributed by atoms with Crippen LogP contribution in [0.1, 0.15) is 6.42 Å². The summed E-state index contributed by atoms with van der Waals surface area (Å²) in [5.41, 5.74) is 0.624. The zero-order valence-corrected chi connectivity index (χ0v) is 12.9. The summed E-state index contributed by atoms with van der Waals surface area (Å²) in [5.74, 6) is -0.306. The number of ether oxygens (including phenoxy) is 1. The fraction of sp³-hybridized carbons (Fsp3) is 0.222. The highest BCUT2D eigenvalue weighted by molar-refractivity contribution is 6.01. The SMILES string of the molecule is O=C(COc1ccccc1)N[C@H]1CCN(c2ccc(F)cc2)C1=O. The molecule has 0 aliphatic carbocycles. The summed E-state index contributed by atoms with van der Waals surface area (Å²) in [6, 6.07) is 14.1. The number of anilines is 1. The summed E-state index contributed by atoms with van der Waals surface area (Å²) < 4.78 is 18.3. The summed E-state index contributed by atoms with van der Waals surface area (Å²) in [5, 5.41) is 2.68. The zero-order valence-electron chi connectivity index (χ0n) is 12.9. The third-order valence-corrected chi connectivity index (χ3v) is 3.79. The predicted molar refractivity (Wildman–Crippen MR) is 87.2 cm³/mol. The van der Waals surface area contributed by atoms with Gasteiger partial charge < -0.3 is 15.0 Å². The van der Waals surface area contributed by atoms with Gasteiger partial charge in [0.1, 0.15) is 17.6 Å². The lowest BCUT2D eigenvalue weighted by molar-refractivity contribution is -0.127. The summed E-state index contributed by atoms with van der Waals surface area (Å²) >= 11 is 0. The molecule has 1 aliphatic rings. The fourth-order valence-electron chi connectivity index (χ4n) is 2.59. The topological polar surface area (TPSA) is 58.6 Å². The van der Waals surface area contributed by atoms with E-state index in [1.807, 2.05) is 18.2 Å². The number of para-hydroxylation sites is 1. The summed E-state index contributed by atoms with van der Waals surface area (Å²) in [6.07, 6.45) is 0.507. The van der Waals surface area contributed by atoms with Crippen molar-refractivity contribution in [3.05, 3.63) is 60.4 Å². The van der Waals surface area contributed by atoms with E-state index in [0.717, 1.165) is 0 Å². The third kappa shape index (κ3) is 3.71. The van der Waals surface area contributed by atoms with Crippen LogP contribution in [0.4, 0.5) is 10.1 Å². The first-order chi connectivity index (χ1) is 11.6. The third-order valence-electron chi connectivity index (χ3n) is 3.79. The van der Waals surface area contributed by atoms with E-state index in [1.54, 1.807) is 29.2 Å². The molecule has 2 aromatic rings. The second kappa shape index (κ2) is 7.12. The second-order valence-electron chi connectivity index (χ2n) is 5.48. The summed E-state index contributed by atoms with van der Waals surface area (Å²) in [6.45, 7) is 0.333. The van der Waals surface area contributed by atoms with Gasteiger partial charge in [0, 0.05) is 12.2 Å². The van der Waals surface area contributed by atoms with Gasteiger partial charge in [-0.1, -0.05) is 18.2 Å². The van der Waals surface area contributed by atoms with Crippen LogP contribution in [0, 0.1) is 5.82 Å². The van der Waals surface area contributed by atoms with Crippen molar-refractivity contribution in [1.29, 1.82) is 0 Å². The van der Waals surface area contributed by atoms with E-state index < -0.39 is 6.04 Å². The Labute approximate surface area is 139 Å². The molecule has 5 nitrogen and oxygen atoms in total. The van der Waals surface area contributed by atoms with Crippen molar-refractivity contribution in [2.24, 2.45) is 0 Å². The van der Waals surface area contributed by atoms with E-state index in [4.69, 9.17) is 4.74 Å². The predicted octanol–water partition coefficient (Wildman–Crippen LogP) is 2.13. The molecule has 0 unspecified atom stereocenters. The Morgan fingerprint density at radius 2 is 1.88 bits per heavy atom. The Balaban J connectivity index is 1.53. The molecule has 1 fully saturated rings. The number of nitrogens with one attached hydrogen (secondary N) is 1. The molecular weight excluding hydrogens is 311 g/mol. The van der Waals surface area contributed by atoms with E-state index in [1.165, 1.54) is 12.1 Å². The number of rotatable bonds is 5. The van der Waals surface area contributed by atoms with Crippen molar-refractivity contribution in [3.8, 4) is 5.75 Å². The average molecular weight is 328 g/mol. The number of halogens is 1. The number of hydrogen-bond donors (Lipinski definition) is 1. The lowest BCUT2D eigenvalue weighted by atomic mass is 10.2. The van der Waals surface area contributed by atoms with Gasteiger partial charge in [-0.15, -0.1) is 0 Å². The van der Waals surface area contributed by atoms with E-state index >= 15 is 0 Å². The summed E-state index contributed by atoms with van der Waals surface area (Å²) in [7, 11) is 0. The highest BCUT2D eigenvalue weighted by atomic mass is 19.1. The van der Waals surface area contributed by atoms with Crippen LogP contribution in [0.2, 0.25) is 0 Å². The van der Waals surface area contributed by atoms with E-state index in [9.17, 15) is 14.0 Å². The minimum atomic E-state index is -0.582.